The maximum Gasteiger partial charge on any atom is 0.243 e. The number of nitrogens with zero attached hydrogens (tertiary/aromatic N) is 1. The quantitative estimate of drug-likeness (QED) is 0.459. The topological polar surface area (TPSA) is 70.7 Å². The number of anilines is 1. The van der Waals surface area contributed by atoms with Gasteiger partial charge < -0.3 is 15.0 Å². The Bertz CT molecular complexity index is 878. The van der Waals surface area contributed by atoms with Crippen LogP contribution in [0.2, 0.25) is 0 Å². The third-order valence-corrected chi connectivity index (χ3v) is 8.07. The number of ether oxygens (including phenoxy) is 1. The van der Waals surface area contributed by atoms with E-state index in [9.17, 15) is 8.42 Å². The molecule has 0 fully saturated rings. The van der Waals surface area contributed by atoms with Gasteiger partial charge in [-0.1, -0.05) is 0 Å². The minimum Gasteiger partial charge on any atom is -0.383 e. The van der Waals surface area contributed by atoms with Gasteiger partial charge in [0.1, 0.15) is 4.90 Å². The van der Waals surface area contributed by atoms with Gasteiger partial charge in [0.25, 0.3) is 0 Å². The predicted molar refractivity (Wildman–Crippen MR) is 123 cm³/mol. The van der Waals surface area contributed by atoms with E-state index in [0.29, 0.717) is 15.6 Å². The fraction of sp³-hybridized carbons (Fsp3) is 0.444. The first-order valence-electron chi connectivity index (χ1n) is 8.59. The summed E-state index contributed by atoms with van der Waals surface area (Å²) in [5.41, 5.74) is 0.800. The Hall–Kier alpha value is -0.490. The summed E-state index contributed by atoms with van der Waals surface area (Å²) in [7, 11) is 1.96. The van der Waals surface area contributed by atoms with Crippen molar-refractivity contribution in [3.8, 4) is 0 Å². The maximum atomic E-state index is 12.9. The molecule has 0 saturated heterocycles. The maximum absolute atomic E-state index is 12.9. The highest BCUT2D eigenvalue weighted by Crippen LogP contribution is 2.34. The van der Waals surface area contributed by atoms with Crippen LogP contribution in [0.5, 0.6) is 0 Å². The standard InChI is InChI=1S/C18H25Br2N3O3S2/c1-12(11-26-4)22-13-7-16(19)18(17(20)8-13)28(24,25)21-9-14-5-6-15(27-14)10-23(2)3/h5-8,12,21-22H,9-11H2,1-4H3/t12-/m1/s1. The van der Waals surface area contributed by atoms with Crippen LogP contribution in [0.4, 0.5) is 5.69 Å². The molecule has 0 aliphatic carbocycles. The van der Waals surface area contributed by atoms with Crippen LogP contribution in [-0.4, -0.2) is 47.2 Å². The molecular formula is C18H25Br2N3O3S2. The fourth-order valence-corrected chi connectivity index (χ4v) is 7.38. The van der Waals surface area contributed by atoms with Gasteiger partial charge in [0.05, 0.1) is 6.61 Å². The summed E-state index contributed by atoms with van der Waals surface area (Å²) in [4.78, 5) is 4.43. The van der Waals surface area contributed by atoms with Gasteiger partial charge in [-0.25, -0.2) is 13.1 Å². The molecule has 0 aliphatic heterocycles. The van der Waals surface area contributed by atoms with Crippen LogP contribution in [0.3, 0.4) is 0 Å². The molecule has 2 aromatic rings. The summed E-state index contributed by atoms with van der Waals surface area (Å²) in [6.07, 6.45) is 0. The zero-order valence-electron chi connectivity index (χ0n) is 16.3. The summed E-state index contributed by atoms with van der Waals surface area (Å²) < 4.78 is 34.5. The van der Waals surface area contributed by atoms with Crippen molar-refractivity contribution in [1.29, 1.82) is 0 Å². The number of benzene rings is 1. The zero-order valence-corrected chi connectivity index (χ0v) is 21.1. The van der Waals surface area contributed by atoms with Crippen molar-refractivity contribution < 1.29 is 13.2 Å². The molecule has 6 nitrogen and oxygen atoms in total. The van der Waals surface area contributed by atoms with Crippen molar-refractivity contribution >= 4 is 58.9 Å². The Balaban J connectivity index is 2.13. The van der Waals surface area contributed by atoms with Crippen molar-refractivity contribution in [3.05, 3.63) is 43.0 Å². The average Bonchev–Trinajstić information content (AvgIpc) is 2.99. The molecule has 2 N–H and O–H groups in total. The first-order chi connectivity index (χ1) is 13.1. The van der Waals surface area contributed by atoms with Crippen LogP contribution >= 0.6 is 43.2 Å². The Morgan fingerprint density at radius 2 is 1.79 bits per heavy atom. The number of rotatable bonds is 10. The molecule has 0 aliphatic rings. The molecule has 2 rings (SSSR count). The molecule has 0 spiro atoms. The third-order valence-electron chi connectivity index (χ3n) is 3.72. The molecule has 156 valence electrons. The van der Waals surface area contributed by atoms with Gasteiger partial charge >= 0.3 is 0 Å². The van der Waals surface area contributed by atoms with Crippen molar-refractivity contribution in [2.24, 2.45) is 0 Å². The van der Waals surface area contributed by atoms with Crippen molar-refractivity contribution in [1.82, 2.24) is 9.62 Å². The Morgan fingerprint density at radius 1 is 1.18 bits per heavy atom. The van der Waals surface area contributed by atoms with Crippen LogP contribution < -0.4 is 10.0 Å². The molecule has 0 saturated carbocycles. The van der Waals surface area contributed by atoms with Gasteiger partial charge in [-0.2, -0.15) is 0 Å². The van der Waals surface area contributed by atoms with Gasteiger partial charge in [-0.15, -0.1) is 11.3 Å². The second-order valence-electron chi connectivity index (χ2n) is 6.70. The van der Waals surface area contributed by atoms with E-state index < -0.39 is 10.0 Å². The van der Waals surface area contributed by atoms with E-state index in [1.165, 1.54) is 4.88 Å². The smallest absolute Gasteiger partial charge is 0.243 e. The molecule has 0 bridgehead atoms. The molecule has 1 aromatic carbocycles. The Labute approximate surface area is 188 Å². The van der Waals surface area contributed by atoms with E-state index in [0.717, 1.165) is 17.1 Å². The van der Waals surface area contributed by atoms with Gasteiger partial charge in [0.2, 0.25) is 10.0 Å². The van der Waals surface area contributed by atoms with Gasteiger partial charge in [-0.05, 0) is 77.1 Å². The largest absolute Gasteiger partial charge is 0.383 e. The number of hydrogen-bond acceptors (Lipinski definition) is 6. The Kier molecular flexibility index (Phi) is 8.93. The monoisotopic (exact) mass is 553 g/mol. The van der Waals surface area contributed by atoms with E-state index in [2.05, 4.69) is 46.8 Å². The van der Waals surface area contributed by atoms with Crippen molar-refractivity contribution in [2.45, 2.75) is 31.0 Å². The molecule has 1 aromatic heterocycles. The van der Waals surface area contributed by atoms with E-state index >= 15 is 0 Å². The van der Waals surface area contributed by atoms with Gasteiger partial charge in [-0.3, -0.25) is 0 Å². The number of halogens is 2. The van der Waals surface area contributed by atoms with E-state index in [-0.39, 0.29) is 17.5 Å². The minimum atomic E-state index is -3.69. The highest BCUT2D eigenvalue weighted by molar-refractivity contribution is 9.11. The fourth-order valence-electron chi connectivity index (χ4n) is 2.63. The summed E-state index contributed by atoms with van der Waals surface area (Å²) in [6, 6.07) is 7.60. The number of nitrogens with one attached hydrogen (secondary N) is 2. The summed E-state index contributed by atoms with van der Waals surface area (Å²) in [5.74, 6) is 0. The highest BCUT2D eigenvalue weighted by Gasteiger charge is 2.22. The van der Waals surface area contributed by atoms with Crippen LogP contribution in [0.25, 0.3) is 0 Å². The van der Waals surface area contributed by atoms with Crippen LogP contribution in [0.15, 0.2) is 38.1 Å². The molecular weight excluding hydrogens is 530 g/mol. The molecule has 28 heavy (non-hydrogen) atoms. The normalized spacial score (nSPS) is 13.1. The zero-order chi connectivity index (χ0) is 20.9. The van der Waals surface area contributed by atoms with Gasteiger partial charge in [0, 0.05) is 50.6 Å². The van der Waals surface area contributed by atoms with Crippen LogP contribution in [0.1, 0.15) is 16.7 Å². The van der Waals surface area contributed by atoms with Gasteiger partial charge in [0.15, 0.2) is 0 Å². The second kappa shape index (κ2) is 10.5. The van der Waals surface area contributed by atoms with E-state index in [1.54, 1.807) is 30.6 Å². The molecule has 1 atom stereocenters. The van der Waals surface area contributed by atoms with E-state index in [4.69, 9.17) is 4.74 Å². The highest BCUT2D eigenvalue weighted by atomic mass is 79.9. The summed E-state index contributed by atoms with van der Waals surface area (Å²) >= 11 is 8.40. The first-order valence-corrected chi connectivity index (χ1v) is 12.5. The molecule has 0 unspecified atom stereocenters. The number of sulfonamides is 1. The lowest BCUT2D eigenvalue weighted by molar-refractivity contribution is 0.190. The molecule has 0 amide bonds. The SMILES string of the molecule is COC[C@@H](C)Nc1cc(Br)c(S(=O)(=O)NCc2ccc(CN(C)C)s2)c(Br)c1. The number of hydrogen-bond donors (Lipinski definition) is 2. The van der Waals surface area contributed by atoms with Crippen molar-refractivity contribution in [2.75, 3.05) is 33.1 Å². The third kappa shape index (κ3) is 6.79. The molecule has 10 heteroatoms. The minimum absolute atomic E-state index is 0.0968. The average molecular weight is 555 g/mol. The van der Waals surface area contributed by atoms with Crippen LogP contribution in [0, 0.1) is 0 Å². The lowest BCUT2D eigenvalue weighted by Crippen LogP contribution is -2.24. The summed E-state index contributed by atoms with van der Waals surface area (Å²) in [5, 5.41) is 3.28. The van der Waals surface area contributed by atoms with Crippen molar-refractivity contribution in [3.63, 3.8) is 0 Å². The predicted octanol–water partition coefficient (Wildman–Crippen LogP) is 4.26. The number of thiophene rings is 1. The lowest BCUT2D eigenvalue weighted by atomic mass is 10.3. The second-order valence-corrected chi connectivity index (χ2v) is 11.4. The first kappa shape index (κ1) is 23.8. The summed E-state index contributed by atoms with van der Waals surface area (Å²) in [6.45, 7) is 3.63. The lowest BCUT2D eigenvalue weighted by Gasteiger charge is -2.17. The molecule has 1 heterocycles. The Morgan fingerprint density at radius 3 is 2.36 bits per heavy atom. The van der Waals surface area contributed by atoms with Crippen LogP contribution in [-0.2, 0) is 27.8 Å². The number of methoxy groups -OCH3 is 1. The van der Waals surface area contributed by atoms with E-state index in [1.807, 2.05) is 33.2 Å². The molecule has 0 radical (unpaired) electrons.